The van der Waals surface area contributed by atoms with E-state index in [1.807, 2.05) is 13.0 Å². The van der Waals surface area contributed by atoms with Crippen molar-refractivity contribution in [3.63, 3.8) is 0 Å². The number of hydrogen-bond acceptors (Lipinski definition) is 1. The molecule has 3 heteroatoms. The van der Waals surface area contributed by atoms with Crippen molar-refractivity contribution in [3.8, 4) is 0 Å². The Morgan fingerprint density at radius 3 is 3.00 bits per heavy atom. The van der Waals surface area contributed by atoms with E-state index in [1.54, 1.807) is 0 Å². The second-order valence-corrected chi connectivity index (χ2v) is 3.58. The maximum atomic E-state index is 13.4. The highest BCUT2D eigenvalue weighted by Gasteiger charge is 2.15. The van der Waals surface area contributed by atoms with Gasteiger partial charge < -0.3 is 0 Å². The van der Waals surface area contributed by atoms with Gasteiger partial charge in [0.2, 0.25) is 0 Å². The Morgan fingerprint density at radius 2 is 2.23 bits per heavy atom. The van der Waals surface area contributed by atoms with Gasteiger partial charge in [0.1, 0.15) is 5.82 Å². The van der Waals surface area contributed by atoms with Crippen molar-refractivity contribution in [2.24, 2.45) is 4.99 Å². The third-order valence-corrected chi connectivity index (χ3v) is 2.45. The molecule has 0 spiro atoms. The lowest BCUT2D eigenvalue weighted by molar-refractivity contribution is 0.621. The first-order chi connectivity index (χ1) is 6.18. The lowest BCUT2D eigenvalue weighted by atomic mass is 9.98. The van der Waals surface area contributed by atoms with Crippen molar-refractivity contribution in [2.75, 3.05) is 6.54 Å². The Morgan fingerprint density at radius 1 is 1.46 bits per heavy atom. The second kappa shape index (κ2) is 3.11. The number of hydrogen-bond donors (Lipinski definition) is 0. The highest BCUT2D eigenvalue weighted by molar-refractivity contribution is 6.30. The summed E-state index contributed by atoms with van der Waals surface area (Å²) in [5.41, 5.74) is 2.38. The highest BCUT2D eigenvalue weighted by Crippen LogP contribution is 2.23. The fourth-order valence-corrected chi connectivity index (χ4v) is 1.88. The highest BCUT2D eigenvalue weighted by atomic mass is 35.5. The molecule has 0 bridgehead atoms. The van der Waals surface area contributed by atoms with Crippen molar-refractivity contribution in [3.05, 3.63) is 34.1 Å². The zero-order valence-electron chi connectivity index (χ0n) is 7.27. The van der Waals surface area contributed by atoms with E-state index in [9.17, 15) is 4.39 Å². The molecule has 1 aliphatic heterocycles. The quantitative estimate of drug-likeness (QED) is 0.607. The van der Waals surface area contributed by atoms with Crippen molar-refractivity contribution in [2.45, 2.75) is 13.3 Å². The molecule has 0 N–H and O–H groups in total. The summed E-state index contributed by atoms with van der Waals surface area (Å²) in [7, 11) is 0. The van der Waals surface area contributed by atoms with E-state index in [0.29, 0.717) is 10.6 Å². The number of benzene rings is 1. The second-order valence-electron chi connectivity index (χ2n) is 3.14. The van der Waals surface area contributed by atoms with Gasteiger partial charge in [-0.3, -0.25) is 4.99 Å². The van der Waals surface area contributed by atoms with Crippen molar-refractivity contribution in [1.29, 1.82) is 0 Å². The van der Waals surface area contributed by atoms with Crippen LogP contribution in [0.15, 0.2) is 17.1 Å². The molecule has 0 aliphatic carbocycles. The van der Waals surface area contributed by atoms with E-state index in [2.05, 4.69) is 4.99 Å². The molecular formula is C10H9ClFN. The van der Waals surface area contributed by atoms with Crippen molar-refractivity contribution >= 4 is 17.3 Å². The lowest BCUT2D eigenvalue weighted by Gasteiger charge is -2.15. The Bertz CT molecular complexity index is 385. The van der Waals surface area contributed by atoms with Gasteiger partial charge in [0.05, 0.1) is 0 Å². The number of nitrogens with zero attached hydrogens (tertiary/aromatic N) is 1. The van der Waals surface area contributed by atoms with Gasteiger partial charge in [-0.15, -0.1) is 0 Å². The molecule has 0 unspecified atom stereocenters. The molecule has 1 aromatic carbocycles. The Hall–Kier alpha value is -0.890. The van der Waals surface area contributed by atoms with Gasteiger partial charge in [-0.05, 0) is 31.0 Å². The van der Waals surface area contributed by atoms with E-state index in [1.165, 1.54) is 6.07 Å². The zero-order valence-corrected chi connectivity index (χ0v) is 8.03. The largest absolute Gasteiger partial charge is 0.289 e. The third kappa shape index (κ3) is 1.46. The van der Waals surface area contributed by atoms with Gasteiger partial charge in [-0.25, -0.2) is 4.39 Å². The van der Waals surface area contributed by atoms with E-state index >= 15 is 0 Å². The SMILES string of the molecule is CC1=NCCc2cc(Cl)cc(F)c21. The monoisotopic (exact) mass is 197 g/mol. The number of rotatable bonds is 0. The summed E-state index contributed by atoms with van der Waals surface area (Å²) in [4.78, 5) is 4.20. The molecule has 1 nitrogen and oxygen atoms in total. The fraction of sp³-hybridized carbons (Fsp3) is 0.300. The van der Waals surface area contributed by atoms with Crippen LogP contribution in [0.1, 0.15) is 18.1 Å². The van der Waals surface area contributed by atoms with Crippen LogP contribution in [0.4, 0.5) is 4.39 Å². The molecule has 1 heterocycles. The molecule has 0 atom stereocenters. The van der Waals surface area contributed by atoms with E-state index < -0.39 is 0 Å². The van der Waals surface area contributed by atoms with Crippen LogP contribution in [-0.4, -0.2) is 12.3 Å². The van der Waals surface area contributed by atoms with E-state index in [0.717, 1.165) is 24.2 Å². The number of aliphatic imine (C=N–C) groups is 1. The van der Waals surface area contributed by atoms with Crippen LogP contribution >= 0.6 is 11.6 Å². The molecular weight excluding hydrogens is 189 g/mol. The summed E-state index contributed by atoms with van der Waals surface area (Å²) < 4.78 is 13.4. The predicted octanol–water partition coefficient (Wildman–Crippen LogP) is 2.84. The summed E-state index contributed by atoms with van der Waals surface area (Å²) in [6, 6.07) is 3.16. The average Bonchev–Trinajstić information content (AvgIpc) is 2.02. The first-order valence-electron chi connectivity index (χ1n) is 4.18. The summed E-state index contributed by atoms with van der Waals surface area (Å²) in [5.74, 6) is -0.261. The van der Waals surface area contributed by atoms with Gasteiger partial charge >= 0.3 is 0 Å². The standard InChI is InChI=1S/C10H9ClFN/c1-6-10-7(2-3-13-6)4-8(11)5-9(10)12/h4-5H,2-3H2,1H3. The van der Waals surface area contributed by atoms with Crippen LogP contribution in [0, 0.1) is 5.82 Å². The zero-order chi connectivity index (χ0) is 9.42. The molecule has 2 rings (SSSR count). The minimum Gasteiger partial charge on any atom is -0.289 e. The molecule has 0 saturated heterocycles. The van der Waals surface area contributed by atoms with Crippen LogP contribution in [0.5, 0.6) is 0 Å². The van der Waals surface area contributed by atoms with Gasteiger partial charge in [-0.2, -0.15) is 0 Å². The van der Waals surface area contributed by atoms with Crippen LogP contribution in [0.3, 0.4) is 0 Å². The number of fused-ring (bicyclic) bond motifs is 1. The maximum absolute atomic E-state index is 13.4. The van der Waals surface area contributed by atoms with E-state index in [-0.39, 0.29) is 5.82 Å². The van der Waals surface area contributed by atoms with Gasteiger partial charge in [-0.1, -0.05) is 11.6 Å². The van der Waals surface area contributed by atoms with Crippen molar-refractivity contribution < 1.29 is 4.39 Å². The summed E-state index contributed by atoms with van der Waals surface area (Å²) in [6.45, 7) is 2.56. The predicted molar refractivity (Wildman–Crippen MR) is 52.2 cm³/mol. The minimum atomic E-state index is -0.261. The number of halogens is 2. The summed E-state index contributed by atoms with van der Waals surface area (Å²) >= 11 is 5.75. The molecule has 0 radical (unpaired) electrons. The van der Waals surface area contributed by atoms with Crippen LogP contribution in [-0.2, 0) is 6.42 Å². The Labute approximate surface area is 81.2 Å². The first-order valence-corrected chi connectivity index (χ1v) is 4.55. The molecule has 0 aromatic heterocycles. The van der Waals surface area contributed by atoms with Gasteiger partial charge in [0, 0.05) is 22.8 Å². The molecule has 1 aliphatic rings. The topological polar surface area (TPSA) is 12.4 Å². The van der Waals surface area contributed by atoms with Crippen molar-refractivity contribution in [1.82, 2.24) is 0 Å². The molecule has 0 amide bonds. The lowest BCUT2D eigenvalue weighted by Crippen LogP contribution is -2.12. The molecule has 0 fully saturated rings. The minimum absolute atomic E-state index is 0.261. The van der Waals surface area contributed by atoms with Crippen LogP contribution in [0.25, 0.3) is 0 Å². The smallest absolute Gasteiger partial charge is 0.133 e. The first kappa shape index (κ1) is 8.70. The maximum Gasteiger partial charge on any atom is 0.133 e. The Balaban J connectivity index is 2.66. The third-order valence-electron chi connectivity index (χ3n) is 2.23. The average molecular weight is 198 g/mol. The summed E-state index contributed by atoms with van der Waals surface area (Å²) in [5, 5.41) is 0.464. The van der Waals surface area contributed by atoms with Crippen LogP contribution < -0.4 is 0 Å². The molecule has 13 heavy (non-hydrogen) atoms. The fourth-order valence-electron chi connectivity index (χ4n) is 1.65. The van der Waals surface area contributed by atoms with Crippen LogP contribution in [0.2, 0.25) is 5.02 Å². The molecule has 68 valence electrons. The molecule has 0 saturated carbocycles. The Kier molecular flexibility index (Phi) is 2.08. The van der Waals surface area contributed by atoms with Gasteiger partial charge in [0.25, 0.3) is 0 Å². The van der Waals surface area contributed by atoms with Gasteiger partial charge in [0.15, 0.2) is 0 Å². The summed E-state index contributed by atoms with van der Waals surface area (Å²) in [6.07, 6.45) is 0.782. The van der Waals surface area contributed by atoms with E-state index in [4.69, 9.17) is 11.6 Å². The molecule has 1 aromatic rings. The normalized spacial score (nSPS) is 15.2.